The fourth-order valence-electron chi connectivity index (χ4n) is 1.70. The van der Waals surface area contributed by atoms with Gasteiger partial charge in [-0.3, -0.25) is 0 Å². The first-order valence-electron chi connectivity index (χ1n) is 4.89. The summed E-state index contributed by atoms with van der Waals surface area (Å²) < 4.78 is 12.7. The van der Waals surface area contributed by atoms with Gasteiger partial charge in [0, 0.05) is 0 Å². The molecule has 0 bridgehead atoms. The number of allylic oxidation sites excluding steroid dienone is 4. The summed E-state index contributed by atoms with van der Waals surface area (Å²) in [5.41, 5.74) is 3.71. The van der Waals surface area contributed by atoms with Crippen LogP contribution in [-0.4, -0.2) is 0 Å². The molecule has 1 aliphatic carbocycles. The van der Waals surface area contributed by atoms with Crippen molar-refractivity contribution in [2.75, 3.05) is 0 Å². The van der Waals surface area contributed by atoms with Crippen molar-refractivity contribution in [3.05, 3.63) is 53.4 Å². The van der Waals surface area contributed by atoms with Gasteiger partial charge in [-0.05, 0) is 43.0 Å². The van der Waals surface area contributed by atoms with Crippen LogP contribution in [0.3, 0.4) is 0 Å². The van der Waals surface area contributed by atoms with Crippen LogP contribution in [0.2, 0.25) is 0 Å². The Bertz CT molecular complexity index is 382. The van der Waals surface area contributed by atoms with Gasteiger partial charge in [0.05, 0.1) is 0 Å². The van der Waals surface area contributed by atoms with E-state index in [1.165, 1.54) is 23.3 Å². The first-order valence-corrected chi connectivity index (χ1v) is 4.89. The van der Waals surface area contributed by atoms with Crippen molar-refractivity contribution in [2.24, 2.45) is 0 Å². The normalized spacial score (nSPS) is 16.1. The molecule has 0 aromatic heterocycles. The lowest BCUT2D eigenvalue weighted by molar-refractivity contribution is 0.627. The van der Waals surface area contributed by atoms with Crippen LogP contribution in [-0.2, 0) is 0 Å². The highest BCUT2D eigenvalue weighted by Crippen LogP contribution is 2.24. The molecule has 1 heteroatoms. The van der Waals surface area contributed by atoms with E-state index in [9.17, 15) is 4.39 Å². The lowest BCUT2D eigenvalue weighted by atomic mass is 9.95. The highest BCUT2D eigenvalue weighted by molar-refractivity contribution is 5.75. The average molecular weight is 188 g/mol. The fourth-order valence-corrected chi connectivity index (χ4v) is 1.70. The van der Waals surface area contributed by atoms with Gasteiger partial charge in [0.15, 0.2) is 0 Å². The van der Waals surface area contributed by atoms with E-state index in [1.54, 1.807) is 0 Å². The molecule has 0 unspecified atom stereocenters. The molecule has 0 nitrogen and oxygen atoms in total. The molecule has 2 rings (SSSR count). The molecule has 0 amide bonds. The Balaban J connectivity index is 2.32. The number of halogens is 1. The van der Waals surface area contributed by atoms with Gasteiger partial charge in [-0.1, -0.05) is 29.9 Å². The Kier molecular flexibility index (Phi) is 2.49. The van der Waals surface area contributed by atoms with Gasteiger partial charge in [-0.2, -0.15) is 0 Å². The number of rotatable bonds is 1. The summed E-state index contributed by atoms with van der Waals surface area (Å²) in [6.07, 6.45) is 6.62. The van der Waals surface area contributed by atoms with Crippen LogP contribution in [0.4, 0.5) is 4.39 Å². The third-order valence-corrected chi connectivity index (χ3v) is 2.48. The first-order chi connectivity index (χ1) is 6.75. The zero-order valence-corrected chi connectivity index (χ0v) is 8.26. The number of benzene rings is 1. The summed E-state index contributed by atoms with van der Waals surface area (Å²) in [5.74, 6) is -0.175. The molecule has 72 valence electrons. The summed E-state index contributed by atoms with van der Waals surface area (Å²) in [7, 11) is 0. The first kappa shape index (κ1) is 9.20. The standard InChI is InChI=1S/C13H13F/c1-10-3-2-4-12(9-10)11-5-7-13(14)8-6-11/h4-9H,2-3H2,1H3. The lowest BCUT2D eigenvalue weighted by Gasteiger charge is -2.10. The van der Waals surface area contributed by atoms with Crippen molar-refractivity contribution >= 4 is 5.57 Å². The van der Waals surface area contributed by atoms with Crippen molar-refractivity contribution < 1.29 is 4.39 Å². The van der Waals surface area contributed by atoms with Gasteiger partial charge in [0.1, 0.15) is 5.82 Å². The van der Waals surface area contributed by atoms with E-state index in [4.69, 9.17) is 0 Å². The second-order valence-corrected chi connectivity index (χ2v) is 3.70. The van der Waals surface area contributed by atoms with Crippen molar-refractivity contribution in [3.8, 4) is 0 Å². The maximum atomic E-state index is 12.7. The number of hydrogen-bond acceptors (Lipinski definition) is 0. The third-order valence-electron chi connectivity index (χ3n) is 2.48. The van der Waals surface area contributed by atoms with E-state index in [2.05, 4.69) is 19.1 Å². The fraction of sp³-hybridized carbons (Fsp3) is 0.231. The maximum Gasteiger partial charge on any atom is 0.123 e. The van der Waals surface area contributed by atoms with Crippen molar-refractivity contribution in [2.45, 2.75) is 19.8 Å². The minimum atomic E-state index is -0.175. The van der Waals surface area contributed by atoms with Gasteiger partial charge in [-0.25, -0.2) is 4.39 Å². The van der Waals surface area contributed by atoms with Crippen LogP contribution >= 0.6 is 0 Å². The van der Waals surface area contributed by atoms with Gasteiger partial charge in [0.25, 0.3) is 0 Å². The Hall–Kier alpha value is -1.37. The Morgan fingerprint density at radius 3 is 2.50 bits per heavy atom. The SMILES string of the molecule is CC1=CC(c2ccc(F)cc2)=CCC1. The van der Waals surface area contributed by atoms with Crippen LogP contribution in [0.1, 0.15) is 25.3 Å². The molecule has 0 saturated carbocycles. The predicted molar refractivity (Wildman–Crippen MR) is 57.4 cm³/mol. The van der Waals surface area contributed by atoms with Crippen LogP contribution in [0, 0.1) is 5.82 Å². The van der Waals surface area contributed by atoms with Crippen LogP contribution in [0.5, 0.6) is 0 Å². The molecule has 0 atom stereocenters. The Morgan fingerprint density at radius 1 is 1.14 bits per heavy atom. The molecule has 0 saturated heterocycles. The Labute approximate surface area is 83.8 Å². The summed E-state index contributed by atoms with van der Waals surface area (Å²) in [4.78, 5) is 0. The van der Waals surface area contributed by atoms with Crippen LogP contribution in [0.15, 0.2) is 42.0 Å². The largest absolute Gasteiger partial charge is 0.207 e. The zero-order valence-electron chi connectivity index (χ0n) is 8.26. The van der Waals surface area contributed by atoms with E-state index in [0.29, 0.717) is 0 Å². The number of hydrogen-bond donors (Lipinski definition) is 0. The molecule has 1 aromatic rings. The second-order valence-electron chi connectivity index (χ2n) is 3.70. The van der Waals surface area contributed by atoms with Crippen molar-refractivity contribution in [1.82, 2.24) is 0 Å². The molecule has 1 aromatic carbocycles. The van der Waals surface area contributed by atoms with Crippen LogP contribution in [0.25, 0.3) is 5.57 Å². The van der Waals surface area contributed by atoms with Gasteiger partial charge in [-0.15, -0.1) is 0 Å². The summed E-state index contributed by atoms with van der Waals surface area (Å²) in [6, 6.07) is 6.68. The molecular formula is C13H13F. The molecule has 0 spiro atoms. The topological polar surface area (TPSA) is 0 Å². The molecule has 0 aliphatic heterocycles. The molecular weight excluding hydrogens is 175 g/mol. The summed E-state index contributed by atoms with van der Waals surface area (Å²) >= 11 is 0. The highest BCUT2D eigenvalue weighted by Gasteiger charge is 2.03. The van der Waals surface area contributed by atoms with Gasteiger partial charge >= 0.3 is 0 Å². The van der Waals surface area contributed by atoms with Gasteiger partial charge in [0.2, 0.25) is 0 Å². The lowest BCUT2D eigenvalue weighted by Crippen LogP contribution is -1.89. The van der Waals surface area contributed by atoms with Crippen LogP contribution < -0.4 is 0 Å². The predicted octanol–water partition coefficient (Wildman–Crippen LogP) is 3.95. The Morgan fingerprint density at radius 2 is 1.86 bits per heavy atom. The van der Waals surface area contributed by atoms with E-state index in [-0.39, 0.29) is 5.82 Å². The minimum Gasteiger partial charge on any atom is -0.207 e. The van der Waals surface area contributed by atoms with Crippen molar-refractivity contribution in [3.63, 3.8) is 0 Å². The minimum absolute atomic E-state index is 0.175. The molecule has 0 heterocycles. The van der Waals surface area contributed by atoms with E-state index < -0.39 is 0 Å². The third kappa shape index (κ3) is 1.92. The van der Waals surface area contributed by atoms with Gasteiger partial charge < -0.3 is 0 Å². The summed E-state index contributed by atoms with van der Waals surface area (Å²) in [5, 5.41) is 0. The summed E-state index contributed by atoms with van der Waals surface area (Å²) in [6.45, 7) is 2.14. The van der Waals surface area contributed by atoms with E-state index in [1.807, 2.05) is 12.1 Å². The molecule has 0 N–H and O–H groups in total. The molecule has 1 aliphatic rings. The molecule has 0 radical (unpaired) electrons. The average Bonchev–Trinajstić information content (AvgIpc) is 2.19. The van der Waals surface area contributed by atoms with Crippen molar-refractivity contribution in [1.29, 1.82) is 0 Å². The van der Waals surface area contributed by atoms with E-state index >= 15 is 0 Å². The quantitative estimate of drug-likeness (QED) is 0.626. The smallest absolute Gasteiger partial charge is 0.123 e. The van der Waals surface area contributed by atoms with E-state index in [0.717, 1.165) is 18.4 Å². The maximum absolute atomic E-state index is 12.7. The monoisotopic (exact) mass is 188 g/mol. The highest BCUT2D eigenvalue weighted by atomic mass is 19.1. The molecule has 14 heavy (non-hydrogen) atoms. The molecule has 0 fully saturated rings. The zero-order chi connectivity index (χ0) is 9.97. The second kappa shape index (κ2) is 3.79.